The molecule has 0 spiro atoms. The number of hydrogen-bond donors (Lipinski definition) is 1. The van der Waals surface area contributed by atoms with Crippen LogP contribution in [0.4, 0.5) is 0 Å². The first-order valence-electron chi connectivity index (χ1n) is 4.55. The van der Waals surface area contributed by atoms with Crippen LogP contribution in [0.5, 0.6) is 0 Å². The Labute approximate surface area is 86.8 Å². The number of rotatable bonds is 3. The van der Waals surface area contributed by atoms with E-state index >= 15 is 0 Å². The van der Waals surface area contributed by atoms with Crippen molar-refractivity contribution in [1.29, 1.82) is 0 Å². The summed E-state index contributed by atoms with van der Waals surface area (Å²) >= 11 is 0. The average molecular weight is 202 g/mol. The van der Waals surface area contributed by atoms with E-state index < -0.39 is 5.97 Å². The smallest absolute Gasteiger partial charge is 0.354 e. The molecule has 0 saturated heterocycles. The van der Waals surface area contributed by atoms with Gasteiger partial charge >= 0.3 is 5.97 Å². The minimum absolute atomic E-state index is 0.0752. The molecule has 4 heteroatoms. The van der Waals surface area contributed by atoms with Gasteiger partial charge in [0, 0.05) is 25.1 Å². The van der Waals surface area contributed by atoms with Crippen LogP contribution in [0, 0.1) is 0 Å². The lowest BCUT2D eigenvalue weighted by Crippen LogP contribution is -2.02. The minimum Gasteiger partial charge on any atom is -0.477 e. The van der Waals surface area contributed by atoms with Gasteiger partial charge < -0.3 is 9.67 Å². The molecule has 2 rings (SSSR count). The van der Waals surface area contributed by atoms with Crippen LogP contribution in [-0.2, 0) is 6.54 Å². The van der Waals surface area contributed by atoms with Gasteiger partial charge in [-0.25, -0.2) is 9.78 Å². The third-order valence-corrected chi connectivity index (χ3v) is 2.08. The standard InChI is InChI=1S/C11H10N2O2/c14-11(15)10-4-3-9(7-12-10)8-13-5-1-2-6-13/h1-7H,8H2,(H,14,15). The van der Waals surface area contributed by atoms with Crippen molar-refractivity contribution in [3.05, 3.63) is 54.1 Å². The first-order chi connectivity index (χ1) is 7.25. The molecule has 2 heterocycles. The zero-order valence-corrected chi connectivity index (χ0v) is 8.00. The number of hydrogen-bond acceptors (Lipinski definition) is 2. The third kappa shape index (κ3) is 2.22. The number of carboxylic acid groups (broad SMARTS) is 1. The quantitative estimate of drug-likeness (QED) is 0.822. The van der Waals surface area contributed by atoms with Crippen LogP contribution in [0.2, 0.25) is 0 Å². The zero-order valence-electron chi connectivity index (χ0n) is 8.00. The summed E-state index contributed by atoms with van der Waals surface area (Å²) in [7, 11) is 0. The van der Waals surface area contributed by atoms with E-state index in [1.165, 1.54) is 6.07 Å². The molecule has 0 aromatic carbocycles. The lowest BCUT2D eigenvalue weighted by Gasteiger charge is -2.02. The molecule has 0 aliphatic rings. The van der Waals surface area contributed by atoms with Crippen LogP contribution in [0.1, 0.15) is 16.1 Å². The summed E-state index contributed by atoms with van der Waals surface area (Å²) in [4.78, 5) is 14.4. The fourth-order valence-electron chi connectivity index (χ4n) is 1.33. The van der Waals surface area contributed by atoms with Crippen molar-refractivity contribution < 1.29 is 9.90 Å². The molecule has 0 bridgehead atoms. The molecule has 4 nitrogen and oxygen atoms in total. The molecule has 0 aliphatic carbocycles. The summed E-state index contributed by atoms with van der Waals surface area (Å²) in [5, 5.41) is 8.66. The van der Waals surface area contributed by atoms with E-state index in [0.717, 1.165) is 5.56 Å². The van der Waals surface area contributed by atoms with Crippen LogP contribution in [0.3, 0.4) is 0 Å². The predicted molar refractivity (Wildman–Crippen MR) is 54.7 cm³/mol. The first kappa shape index (κ1) is 9.45. The SMILES string of the molecule is O=C(O)c1ccc(Cn2cccc2)cn1. The van der Waals surface area contributed by atoms with E-state index in [-0.39, 0.29) is 5.69 Å². The highest BCUT2D eigenvalue weighted by Crippen LogP contribution is 2.03. The second kappa shape index (κ2) is 3.96. The van der Waals surface area contributed by atoms with Gasteiger partial charge in [-0.1, -0.05) is 6.07 Å². The Bertz CT molecular complexity index is 446. The van der Waals surface area contributed by atoms with Gasteiger partial charge in [0.15, 0.2) is 0 Å². The van der Waals surface area contributed by atoms with Gasteiger partial charge in [-0.3, -0.25) is 0 Å². The average Bonchev–Trinajstić information content (AvgIpc) is 2.71. The third-order valence-electron chi connectivity index (χ3n) is 2.08. The van der Waals surface area contributed by atoms with E-state index in [1.807, 2.05) is 29.1 Å². The Hall–Kier alpha value is -2.10. The Morgan fingerprint density at radius 3 is 2.60 bits per heavy atom. The Kier molecular flexibility index (Phi) is 2.49. The second-order valence-electron chi connectivity index (χ2n) is 3.21. The lowest BCUT2D eigenvalue weighted by atomic mass is 10.2. The fourth-order valence-corrected chi connectivity index (χ4v) is 1.33. The lowest BCUT2D eigenvalue weighted by molar-refractivity contribution is 0.0690. The van der Waals surface area contributed by atoms with E-state index in [4.69, 9.17) is 5.11 Å². The van der Waals surface area contributed by atoms with Gasteiger partial charge in [0.25, 0.3) is 0 Å². The molecule has 1 N–H and O–H groups in total. The van der Waals surface area contributed by atoms with Crippen molar-refractivity contribution in [3.63, 3.8) is 0 Å². The monoisotopic (exact) mass is 202 g/mol. The number of nitrogens with zero attached hydrogens (tertiary/aromatic N) is 2. The van der Waals surface area contributed by atoms with E-state index in [2.05, 4.69) is 4.98 Å². The first-order valence-corrected chi connectivity index (χ1v) is 4.55. The summed E-state index contributed by atoms with van der Waals surface area (Å²) in [5.41, 5.74) is 1.06. The maximum atomic E-state index is 10.6. The van der Waals surface area contributed by atoms with Crippen molar-refractivity contribution in [1.82, 2.24) is 9.55 Å². The molecule has 2 aromatic heterocycles. The molecule has 76 valence electrons. The molecule has 15 heavy (non-hydrogen) atoms. The number of aromatic carboxylic acids is 1. The van der Waals surface area contributed by atoms with Gasteiger partial charge in [-0.15, -0.1) is 0 Å². The summed E-state index contributed by atoms with van der Waals surface area (Å²) in [5.74, 6) is -0.998. The fraction of sp³-hybridized carbons (Fsp3) is 0.0909. The van der Waals surface area contributed by atoms with Crippen molar-refractivity contribution in [3.8, 4) is 0 Å². The van der Waals surface area contributed by atoms with Crippen LogP contribution < -0.4 is 0 Å². The molecule has 0 atom stereocenters. The van der Waals surface area contributed by atoms with Gasteiger partial charge in [0.1, 0.15) is 5.69 Å². The molecule has 0 aliphatic heterocycles. The number of aromatic nitrogens is 2. The molecule has 0 fully saturated rings. The normalized spacial score (nSPS) is 10.1. The summed E-state index contributed by atoms with van der Waals surface area (Å²) < 4.78 is 2.00. The molecule has 0 radical (unpaired) electrons. The largest absolute Gasteiger partial charge is 0.477 e. The van der Waals surface area contributed by atoms with Crippen LogP contribution >= 0.6 is 0 Å². The zero-order chi connectivity index (χ0) is 10.7. The van der Waals surface area contributed by atoms with Crippen LogP contribution in [0.15, 0.2) is 42.9 Å². The topological polar surface area (TPSA) is 55.1 Å². The van der Waals surface area contributed by atoms with Crippen molar-refractivity contribution in [2.45, 2.75) is 6.54 Å². The minimum atomic E-state index is -0.998. The molecular weight excluding hydrogens is 192 g/mol. The predicted octanol–water partition coefficient (Wildman–Crippen LogP) is 1.63. The summed E-state index contributed by atoms with van der Waals surface area (Å²) in [6.07, 6.45) is 5.49. The number of pyridine rings is 1. The van der Waals surface area contributed by atoms with Crippen LogP contribution in [0.25, 0.3) is 0 Å². The second-order valence-corrected chi connectivity index (χ2v) is 3.21. The highest BCUT2D eigenvalue weighted by atomic mass is 16.4. The molecule has 0 saturated carbocycles. The van der Waals surface area contributed by atoms with E-state index in [1.54, 1.807) is 12.3 Å². The Morgan fingerprint density at radius 2 is 2.07 bits per heavy atom. The number of carbonyl (C=O) groups is 1. The van der Waals surface area contributed by atoms with Gasteiger partial charge in [-0.2, -0.15) is 0 Å². The van der Waals surface area contributed by atoms with E-state index in [9.17, 15) is 4.79 Å². The van der Waals surface area contributed by atoms with Gasteiger partial charge in [0.05, 0.1) is 0 Å². The van der Waals surface area contributed by atoms with Gasteiger partial charge in [0.2, 0.25) is 0 Å². The Morgan fingerprint density at radius 1 is 1.33 bits per heavy atom. The maximum absolute atomic E-state index is 10.6. The number of carboxylic acids is 1. The summed E-state index contributed by atoms with van der Waals surface area (Å²) in [6, 6.07) is 7.18. The molecule has 0 amide bonds. The highest BCUT2D eigenvalue weighted by Gasteiger charge is 2.03. The summed E-state index contributed by atoms with van der Waals surface area (Å²) in [6.45, 7) is 0.708. The highest BCUT2D eigenvalue weighted by molar-refractivity contribution is 5.85. The molecule has 2 aromatic rings. The van der Waals surface area contributed by atoms with Gasteiger partial charge in [-0.05, 0) is 23.8 Å². The van der Waals surface area contributed by atoms with E-state index in [0.29, 0.717) is 6.54 Å². The Balaban J connectivity index is 2.14. The van der Waals surface area contributed by atoms with Crippen molar-refractivity contribution >= 4 is 5.97 Å². The molecular formula is C11H10N2O2. The maximum Gasteiger partial charge on any atom is 0.354 e. The van der Waals surface area contributed by atoms with Crippen molar-refractivity contribution in [2.24, 2.45) is 0 Å². The molecule has 0 unspecified atom stereocenters. The van der Waals surface area contributed by atoms with Crippen LogP contribution in [-0.4, -0.2) is 20.6 Å². The van der Waals surface area contributed by atoms with Crippen molar-refractivity contribution in [2.75, 3.05) is 0 Å².